The Morgan fingerprint density at radius 1 is 1.11 bits per heavy atom. The number of hydrogen-bond donors (Lipinski definition) is 3. The van der Waals surface area contributed by atoms with E-state index in [1.165, 1.54) is 36.0 Å². The van der Waals surface area contributed by atoms with Crippen molar-refractivity contribution in [2.24, 2.45) is 0 Å². The van der Waals surface area contributed by atoms with Crippen LogP contribution in [-0.4, -0.2) is 58.1 Å². The van der Waals surface area contributed by atoms with E-state index < -0.39 is 42.1 Å². The zero-order valence-electron chi connectivity index (χ0n) is 21.6. The van der Waals surface area contributed by atoms with Gasteiger partial charge in [0.15, 0.2) is 0 Å². The van der Waals surface area contributed by atoms with E-state index in [1.807, 2.05) is 42.7 Å². The summed E-state index contributed by atoms with van der Waals surface area (Å²) < 4.78 is 5.33. The van der Waals surface area contributed by atoms with Crippen LogP contribution in [0.2, 0.25) is 0 Å². The number of phenols is 1. The molecule has 2 rings (SSSR count). The number of benzene rings is 2. The van der Waals surface area contributed by atoms with Gasteiger partial charge >= 0.3 is 6.09 Å². The van der Waals surface area contributed by atoms with Crippen molar-refractivity contribution in [3.63, 3.8) is 0 Å². The second-order valence-corrected chi connectivity index (χ2v) is 10.3. The van der Waals surface area contributed by atoms with Crippen molar-refractivity contribution in [3.05, 3.63) is 65.7 Å². The number of amides is 3. The molecule has 0 radical (unpaired) electrons. The molecule has 0 aliphatic rings. The van der Waals surface area contributed by atoms with Crippen LogP contribution in [0.5, 0.6) is 5.75 Å². The molecule has 2 aromatic carbocycles. The van der Waals surface area contributed by atoms with Gasteiger partial charge in [-0.3, -0.25) is 9.59 Å². The third kappa shape index (κ3) is 9.69. The summed E-state index contributed by atoms with van der Waals surface area (Å²) in [6, 6.07) is 14.9. The summed E-state index contributed by atoms with van der Waals surface area (Å²) in [5.41, 5.74) is 0.505. The molecule has 9 nitrogen and oxygen atoms in total. The fourth-order valence-electron chi connectivity index (χ4n) is 3.53. The van der Waals surface area contributed by atoms with Gasteiger partial charge < -0.3 is 25.4 Å². The number of aromatic hydroxyl groups is 1. The van der Waals surface area contributed by atoms with E-state index in [0.717, 1.165) is 10.5 Å². The van der Waals surface area contributed by atoms with Crippen LogP contribution >= 0.6 is 11.8 Å². The van der Waals surface area contributed by atoms with Gasteiger partial charge in [0.05, 0.1) is 6.07 Å². The summed E-state index contributed by atoms with van der Waals surface area (Å²) in [6.07, 6.45) is 1.38. The van der Waals surface area contributed by atoms with Gasteiger partial charge in [0.2, 0.25) is 11.8 Å². The fraction of sp³-hybridized carbons (Fsp3) is 0.407. The fourth-order valence-corrected chi connectivity index (χ4v) is 4.00. The predicted octanol–water partition coefficient (Wildman–Crippen LogP) is 3.75. The largest absolute Gasteiger partial charge is 0.508 e. The molecule has 0 fully saturated rings. The maximum atomic E-state index is 13.8. The molecular weight excluding hydrogens is 492 g/mol. The number of hydrogen-bond acceptors (Lipinski definition) is 7. The molecule has 37 heavy (non-hydrogen) atoms. The number of nitriles is 1. The van der Waals surface area contributed by atoms with Crippen molar-refractivity contribution in [1.29, 1.82) is 5.26 Å². The first-order valence-corrected chi connectivity index (χ1v) is 13.2. The van der Waals surface area contributed by atoms with Crippen LogP contribution in [0.4, 0.5) is 4.79 Å². The Hall–Kier alpha value is -3.71. The first-order valence-electron chi connectivity index (χ1n) is 11.8. The smallest absolute Gasteiger partial charge is 0.408 e. The Kier molecular flexibility index (Phi) is 11.3. The van der Waals surface area contributed by atoms with Crippen molar-refractivity contribution < 1.29 is 24.2 Å². The van der Waals surface area contributed by atoms with Gasteiger partial charge in [0.1, 0.15) is 30.0 Å². The minimum atomic E-state index is -1.17. The molecule has 0 saturated carbocycles. The summed E-state index contributed by atoms with van der Waals surface area (Å²) in [5.74, 6) is -0.542. The standard InChI is InChI=1S/C27H34N4O5S/c1-27(2,3)36-26(35)30-22(14-17-37-4)25(34)31(16-15-28)23(20-10-12-21(32)13-11-20)24(33)29-18-19-8-6-5-7-9-19/h5-13,22-23,32H,14,16-18H2,1-4H3,(H,29,33)(H,30,35). The van der Waals surface area contributed by atoms with Crippen LogP contribution in [0.3, 0.4) is 0 Å². The van der Waals surface area contributed by atoms with Crippen molar-refractivity contribution in [2.45, 2.75) is 51.4 Å². The molecule has 0 aliphatic carbocycles. The van der Waals surface area contributed by atoms with Gasteiger partial charge in [-0.1, -0.05) is 42.5 Å². The third-order valence-corrected chi connectivity index (χ3v) is 5.85. The lowest BCUT2D eigenvalue weighted by molar-refractivity contribution is -0.141. The molecule has 10 heteroatoms. The lowest BCUT2D eigenvalue weighted by Gasteiger charge is -2.33. The number of thioether (sulfide) groups is 1. The second-order valence-electron chi connectivity index (χ2n) is 9.30. The molecule has 2 unspecified atom stereocenters. The van der Waals surface area contributed by atoms with Gasteiger partial charge in [-0.05, 0) is 62.5 Å². The van der Waals surface area contributed by atoms with E-state index in [4.69, 9.17) is 4.74 Å². The normalized spacial score (nSPS) is 12.5. The SMILES string of the molecule is CSCCC(NC(=O)OC(C)(C)C)C(=O)N(CC#N)C(C(=O)NCc1ccccc1)c1ccc(O)cc1. The minimum absolute atomic E-state index is 0.00482. The van der Waals surface area contributed by atoms with Crippen molar-refractivity contribution in [2.75, 3.05) is 18.6 Å². The van der Waals surface area contributed by atoms with Gasteiger partial charge in [-0.2, -0.15) is 17.0 Å². The summed E-state index contributed by atoms with van der Waals surface area (Å²) in [5, 5.41) is 24.8. The maximum absolute atomic E-state index is 13.8. The lowest BCUT2D eigenvalue weighted by atomic mass is 10.0. The van der Waals surface area contributed by atoms with E-state index in [-0.39, 0.29) is 18.7 Å². The third-order valence-electron chi connectivity index (χ3n) is 5.20. The number of nitrogens with zero attached hydrogens (tertiary/aromatic N) is 2. The Bertz CT molecular complexity index is 1080. The topological polar surface area (TPSA) is 132 Å². The van der Waals surface area contributed by atoms with E-state index in [0.29, 0.717) is 11.3 Å². The van der Waals surface area contributed by atoms with Gasteiger partial charge in [-0.25, -0.2) is 4.79 Å². The van der Waals surface area contributed by atoms with Crippen molar-refractivity contribution >= 4 is 29.7 Å². The Morgan fingerprint density at radius 2 is 1.76 bits per heavy atom. The van der Waals surface area contributed by atoms with Gasteiger partial charge in [0, 0.05) is 6.54 Å². The first kappa shape index (κ1) is 29.5. The summed E-state index contributed by atoms with van der Waals surface area (Å²) in [4.78, 5) is 40.9. The summed E-state index contributed by atoms with van der Waals surface area (Å²) >= 11 is 1.50. The van der Waals surface area contributed by atoms with Gasteiger partial charge in [-0.15, -0.1) is 0 Å². The summed E-state index contributed by atoms with van der Waals surface area (Å²) in [7, 11) is 0. The highest BCUT2D eigenvalue weighted by atomic mass is 32.2. The van der Waals surface area contributed by atoms with Crippen LogP contribution in [0.1, 0.15) is 44.4 Å². The molecule has 0 aliphatic heterocycles. The number of ether oxygens (including phenoxy) is 1. The van der Waals surface area contributed by atoms with Crippen LogP contribution in [-0.2, 0) is 20.9 Å². The van der Waals surface area contributed by atoms with Crippen LogP contribution in [0, 0.1) is 11.3 Å². The zero-order valence-corrected chi connectivity index (χ0v) is 22.4. The minimum Gasteiger partial charge on any atom is -0.508 e. The number of carbonyl (C=O) groups is 3. The molecule has 0 bridgehead atoms. The lowest BCUT2D eigenvalue weighted by Crippen LogP contribution is -2.53. The van der Waals surface area contributed by atoms with E-state index >= 15 is 0 Å². The van der Waals surface area contributed by atoms with E-state index in [1.54, 1.807) is 20.8 Å². The molecule has 198 valence electrons. The Labute approximate surface area is 222 Å². The number of phenolic OH excluding ortho intramolecular Hbond substituents is 1. The first-order chi connectivity index (χ1) is 17.6. The van der Waals surface area contributed by atoms with Crippen LogP contribution in [0.15, 0.2) is 54.6 Å². The quantitative estimate of drug-likeness (QED) is 0.380. The number of nitrogens with one attached hydrogen (secondary N) is 2. The average molecular weight is 527 g/mol. The molecule has 0 spiro atoms. The molecule has 2 atom stereocenters. The zero-order chi connectivity index (χ0) is 27.4. The second kappa shape index (κ2) is 14.1. The van der Waals surface area contributed by atoms with Crippen LogP contribution in [0.25, 0.3) is 0 Å². The summed E-state index contributed by atoms with van der Waals surface area (Å²) in [6.45, 7) is 4.96. The molecule has 0 aromatic heterocycles. The molecule has 2 aromatic rings. The van der Waals surface area contributed by atoms with Crippen LogP contribution < -0.4 is 10.6 Å². The number of rotatable bonds is 11. The van der Waals surface area contributed by atoms with E-state index in [2.05, 4.69) is 10.6 Å². The maximum Gasteiger partial charge on any atom is 0.408 e. The predicted molar refractivity (Wildman–Crippen MR) is 143 cm³/mol. The highest BCUT2D eigenvalue weighted by molar-refractivity contribution is 7.98. The van der Waals surface area contributed by atoms with Gasteiger partial charge in [0.25, 0.3) is 0 Å². The van der Waals surface area contributed by atoms with Crippen molar-refractivity contribution in [3.8, 4) is 11.8 Å². The number of carbonyl (C=O) groups excluding carboxylic acids is 3. The molecule has 3 N–H and O–H groups in total. The molecule has 3 amide bonds. The Balaban J connectivity index is 2.40. The monoisotopic (exact) mass is 526 g/mol. The molecular formula is C27H34N4O5S. The molecule has 0 saturated heterocycles. The number of alkyl carbamates (subject to hydrolysis) is 1. The van der Waals surface area contributed by atoms with E-state index in [9.17, 15) is 24.8 Å². The molecule has 0 heterocycles. The van der Waals surface area contributed by atoms with Crippen molar-refractivity contribution in [1.82, 2.24) is 15.5 Å². The highest BCUT2D eigenvalue weighted by Gasteiger charge is 2.36. The highest BCUT2D eigenvalue weighted by Crippen LogP contribution is 2.25. The average Bonchev–Trinajstić information content (AvgIpc) is 2.85. The Morgan fingerprint density at radius 3 is 2.32 bits per heavy atom.